The number of ether oxygens (including phenoxy) is 1. The molecule has 0 aliphatic rings. The molecule has 0 atom stereocenters. The van der Waals surface area contributed by atoms with E-state index in [9.17, 15) is 9.59 Å². The van der Waals surface area contributed by atoms with Crippen LogP contribution in [-0.4, -0.2) is 31.2 Å². The number of carbonyl (C=O) groups is 2. The van der Waals surface area contributed by atoms with Gasteiger partial charge >= 0.3 is 0 Å². The van der Waals surface area contributed by atoms with Gasteiger partial charge in [0.2, 0.25) is 0 Å². The lowest BCUT2D eigenvalue weighted by molar-refractivity contribution is -0.120. The van der Waals surface area contributed by atoms with Crippen LogP contribution in [0.2, 0.25) is 0 Å². The van der Waals surface area contributed by atoms with Crippen LogP contribution in [0.1, 0.15) is 49.2 Å². The lowest BCUT2D eigenvalue weighted by atomic mass is 9.86. The van der Waals surface area contributed by atoms with Gasteiger partial charge < -0.3 is 10.1 Å². The maximum atomic E-state index is 12.2. The Labute approximate surface area is 166 Å². The molecule has 0 radical (unpaired) electrons. The van der Waals surface area contributed by atoms with E-state index in [1.165, 1.54) is 12.7 Å². The fraction of sp³-hybridized carbons (Fsp3) is 0.318. The van der Waals surface area contributed by atoms with Gasteiger partial charge in [0.05, 0.1) is 24.9 Å². The molecule has 0 aromatic heterocycles. The molecule has 0 aliphatic carbocycles. The smallest absolute Gasteiger partial charge is 0.259 e. The zero-order chi connectivity index (χ0) is 20.7. The van der Waals surface area contributed by atoms with Gasteiger partial charge in [-0.3, -0.25) is 9.59 Å². The number of hydrogen-bond acceptors (Lipinski definition) is 4. The van der Waals surface area contributed by atoms with Gasteiger partial charge in [-0.1, -0.05) is 57.2 Å². The number of hydrazone groups is 1. The fourth-order valence-corrected chi connectivity index (χ4v) is 2.55. The molecule has 2 aromatic rings. The molecule has 6 heteroatoms. The van der Waals surface area contributed by atoms with E-state index >= 15 is 0 Å². The highest BCUT2D eigenvalue weighted by atomic mass is 16.5. The quantitative estimate of drug-likeness (QED) is 0.595. The summed E-state index contributed by atoms with van der Waals surface area (Å²) in [4.78, 5) is 24.2. The molecule has 28 heavy (non-hydrogen) atoms. The Morgan fingerprint density at radius 2 is 1.68 bits per heavy atom. The molecule has 148 valence electrons. The normalized spacial score (nSPS) is 11.7. The van der Waals surface area contributed by atoms with Gasteiger partial charge in [0, 0.05) is 0 Å². The van der Waals surface area contributed by atoms with E-state index < -0.39 is 5.91 Å². The average Bonchev–Trinajstić information content (AvgIpc) is 2.69. The third-order valence-electron chi connectivity index (χ3n) is 4.28. The van der Waals surface area contributed by atoms with Crippen molar-refractivity contribution in [1.82, 2.24) is 10.7 Å². The maximum absolute atomic E-state index is 12.2. The van der Waals surface area contributed by atoms with Crippen LogP contribution in [0.15, 0.2) is 53.6 Å². The Hall–Kier alpha value is -3.15. The van der Waals surface area contributed by atoms with E-state index in [4.69, 9.17) is 4.74 Å². The molecule has 0 saturated heterocycles. The first-order valence-corrected chi connectivity index (χ1v) is 9.07. The number of nitrogens with zero attached hydrogens (tertiary/aromatic N) is 1. The van der Waals surface area contributed by atoms with Crippen molar-refractivity contribution in [2.24, 2.45) is 5.10 Å². The average molecular weight is 381 g/mol. The predicted octanol–water partition coefficient (Wildman–Crippen LogP) is 3.26. The van der Waals surface area contributed by atoms with Crippen molar-refractivity contribution in [3.63, 3.8) is 0 Å². The van der Waals surface area contributed by atoms with Crippen molar-refractivity contribution < 1.29 is 14.3 Å². The summed E-state index contributed by atoms with van der Waals surface area (Å²) in [7, 11) is 1.49. The summed E-state index contributed by atoms with van der Waals surface area (Å²) in [6.07, 6.45) is 0. The number of hydrogen-bond donors (Lipinski definition) is 2. The first kappa shape index (κ1) is 21.2. The minimum Gasteiger partial charge on any atom is -0.496 e. The lowest BCUT2D eigenvalue weighted by Gasteiger charge is -2.19. The van der Waals surface area contributed by atoms with E-state index in [-0.39, 0.29) is 17.9 Å². The number of methoxy groups -OCH3 is 1. The van der Waals surface area contributed by atoms with Crippen LogP contribution in [0.3, 0.4) is 0 Å². The first-order chi connectivity index (χ1) is 13.2. The number of rotatable bonds is 6. The number of para-hydroxylation sites is 1. The van der Waals surface area contributed by atoms with E-state index in [2.05, 4.69) is 48.7 Å². The van der Waals surface area contributed by atoms with Crippen molar-refractivity contribution in [3.8, 4) is 5.75 Å². The van der Waals surface area contributed by atoms with E-state index in [1.807, 2.05) is 19.1 Å². The number of nitrogens with one attached hydrogen (secondary N) is 2. The summed E-state index contributed by atoms with van der Waals surface area (Å²) >= 11 is 0. The maximum Gasteiger partial charge on any atom is 0.259 e. The highest BCUT2D eigenvalue weighted by Crippen LogP contribution is 2.22. The second-order valence-corrected chi connectivity index (χ2v) is 7.44. The lowest BCUT2D eigenvalue weighted by Crippen LogP contribution is -2.35. The van der Waals surface area contributed by atoms with Crippen molar-refractivity contribution in [1.29, 1.82) is 0 Å². The second-order valence-electron chi connectivity index (χ2n) is 7.44. The summed E-state index contributed by atoms with van der Waals surface area (Å²) < 4.78 is 5.15. The largest absolute Gasteiger partial charge is 0.496 e. The SMILES string of the molecule is COc1ccccc1C(=O)NCC(=O)N/N=C(/C)c1ccc(C(C)(C)C)cc1. The molecule has 0 spiro atoms. The third kappa shape index (κ3) is 5.67. The molecule has 0 aliphatic heterocycles. The van der Waals surface area contributed by atoms with Crippen molar-refractivity contribution in [3.05, 3.63) is 65.2 Å². The van der Waals surface area contributed by atoms with Gasteiger partial charge in [-0.2, -0.15) is 5.10 Å². The van der Waals surface area contributed by atoms with Crippen LogP contribution in [0.5, 0.6) is 5.75 Å². The van der Waals surface area contributed by atoms with Crippen LogP contribution >= 0.6 is 0 Å². The predicted molar refractivity (Wildman–Crippen MR) is 111 cm³/mol. The summed E-state index contributed by atoms with van der Waals surface area (Å²) in [6.45, 7) is 8.10. The van der Waals surface area contributed by atoms with Gasteiger partial charge in [-0.15, -0.1) is 0 Å². The molecular weight excluding hydrogens is 354 g/mol. The first-order valence-electron chi connectivity index (χ1n) is 9.07. The molecule has 6 nitrogen and oxygen atoms in total. The Morgan fingerprint density at radius 1 is 1.04 bits per heavy atom. The van der Waals surface area contributed by atoms with Gasteiger partial charge in [0.15, 0.2) is 0 Å². The zero-order valence-corrected chi connectivity index (χ0v) is 17.0. The van der Waals surface area contributed by atoms with Crippen LogP contribution in [-0.2, 0) is 10.2 Å². The minimum absolute atomic E-state index is 0.0808. The minimum atomic E-state index is -0.408. The van der Waals surface area contributed by atoms with Crippen molar-refractivity contribution in [2.75, 3.05) is 13.7 Å². The number of benzene rings is 2. The van der Waals surface area contributed by atoms with E-state index in [0.29, 0.717) is 17.0 Å². The fourth-order valence-electron chi connectivity index (χ4n) is 2.55. The van der Waals surface area contributed by atoms with Crippen LogP contribution < -0.4 is 15.5 Å². The van der Waals surface area contributed by atoms with Crippen molar-refractivity contribution in [2.45, 2.75) is 33.1 Å². The van der Waals surface area contributed by atoms with Gasteiger partial charge in [0.1, 0.15) is 5.75 Å². The van der Waals surface area contributed by atoms with Gasteiger partial charge in [-0.25, -0.2) is 5.43 Å². The molecule has 0 fully saturated rings. The standard InChI is InChI=1S/C22H27N3O3/c1-15(16-10-12-17(13-11-16)22(2,3)4)24-25-20(26)14-23-21(27)18-8-6-7-9-19(18)28-5/h6-13H,14H2,1-5H3,(H,23,27)(H,25,26)/b24-15-. The summed E-state index contributed by atoms with van der Waals surface area (Å²) in [5.74, 6) is -0.340. The topological polar surface area (TPSA) is 79.8 Å². The van der Waals surface area contributed by atoms with E-state index in [0.717, 1.165) is 5.56 Å². The van der Waals surface area contributed by atoms with Gasteiger partial charge in [0.25, 0.3) is 11.8 Å². The van der Waals surface area contributed by atoms with Crippen molar-refractivity contribution >= 4 is 17.5 Å². The summed E-state index contributed by atoms with van der Waals surface area (Å²) in [5, 5.41) is 6.67. The van der Waals surface area contributed by atoms with E-state index in [1.54, 1.807) is 24.3 Å². The highest BCUT2D eigenvalue weighted by molar-refractivity contribution is 6.00. The third-order valence-corrected chi connectivity index (χ3v) is 4.28. The Morgan fingerprint density at radius 3 is 2.29 bits per heavy atom. The zero-order valence-electron chi connectivity index (χ0n) is 17.0. The molecule has 2 aromatic carbocycles. The Bertz CT molecular complexity index is 865. The molecule has 0 heterocycles. The molecule has 2 amide bonds. The Kier molecular flexibility index (Phi) is 6.93. The Balaban J connectivity index is 1.91. The molecular formula is C22H27N3O3. The van der Waals surface area contributed by atoms with Gasteiger partial charge in [-0.05, 0) is 35.6 Å². The van der Waals surface area contributed by atoms with Crippen LogP contribution in [0, 0.1) is 0 Å². The van der Waals surface area contributed by atoms with Crippen LogP contribution in [0.25, 0.3) is 0 Å². The monoisotopic (exact) mass is 381 g/mol. The molecule has 0 saturated carbocycles. The highest BCUT2D eigenvalue weighted by Gasteiger charge is 2.14. The second kappa shape index (κ2) is 9.17. The molecule has 0 unspecified atom stereocenters. The number of carbonyl (C=O) groups excluding carboxylic acids is 2. The molecule has 2 rings (SSSR count). The molecule has 2 N–H and O–H groups in total. The summed E-state index contributed by atoms with van der Waals surface area (Å²) in [5.41, 5.74) is 5.75. The summed E-state index contributed by atoms with van der Waals surface area (Å²) in [6, 6.07) is 14.9. The number of amides is 2. The van der Waals surface area contributed by atoms with Crippen LogP contribution in [0.4, 0.5) is 0 Å². The molecule has 0 bridgehead atoms.